The lowest BCUT2D eigenvalue weighted by molar-refractivity contribution is 0.0705. The third-order valence-corrected chi connectivity index (χ3v) is 6.00. The molecule has 4 rings (SSSR count). The highest BCUT2D eigenvalue weighted by atomic mass is 32.1. The molecule has 0 radical (unpaired) electrons. The fourth-order valence-corrected chi connectivity index (χ4v) is 4.33. The van der Waals surface area contributed by atoms with Crippen LogP contribution in [0.15, 0.2) is 41.1 Å². The normalized spacial score (nSPS) is 14.7. The van der Waals surface area contributed by atoms with Gasteiger partial charge >= 0.3 is 0 Å². The van der Waals surface area contributed by atoms with Crippen molar-refractivity contribution in [3.63, 3.8) is 0 Å². The Labute approximate surface area is 177 Å². The number of amides is 2. The van der Waals surface area contributed by atoms with E-state index in [1.165, 1.54) is 12.1 Å². The summed E-state index contributed by atoms with van der Waals surface area (Å²) >= 11 is 1.63. The van der Waals surface area contributed by atoms with Gasteiger partial charge in [0.25, 0.3) is 5.91 Å². The van der Waals surface area contributed by atoms with Gasteiger partial charge in [-0.25, -0.2) is 14.4 Å². The zero-order valence-corrected chi connectivity index (χ0v) is 17.3. The molecule has 8 heteroatoms. The van der Waals surface area contributed by atoms with Gasteiger partial charge < -0.3 is 10.6 Å². The van der Waals surface area contributed by atoms with E-state index in [9.17, 15) is 14.0 Å². The van der Waals surface area contributed by atoms with Gasteiger partial charge in [0.2, 0.25) is 5.91 Å². The number of thiophene rings is 1. The van der Waals surface area contributed by atoms with Gasteiger partial charge in [0.15, 0.2) is 0 Å². The molecule has 0 aliphatic carbocycles. The van der Waals surface area contributed by atoms with Crippen LogP contribution in [0.1, 0.15) is 51.0 Å². The topological polar surface area (TPSA) is 89.2 Å². The molecule has 1 aromatic carbocycles. The lowest BCUT2D eigenvalue weighted by Gasteiger charge is -2.31. The van der Waals surface area contributed by atoms with E-state index in [0.29, 0.717) is 25.9 Å². The molecule has 3 aromatic rings. The van der Waals surface area contributed by atoms with Gasteiger partial charge in [-0.05, 0) is 55.5 Å². The van der Waals surface area contributed by atoms with Crippen LogP contribution in [0.3, 0.4) is 0 Å². The van der Waals surface area contributed by atoms with Crippen LogP contribution in [0.2, 0.25) is 0 Å². The molecule has 6 nitrogen and oxygen atoms in total. The molecular formula is C22H21FN4O2S. The Morgan fingerprint density at radius 2 is 1.93 bits per heavy atom. The van der Waals surface area contributed by atoms with Crippen molar-refractivity contribution in [3.05, 3.63) is 69.6 Å². The van der Waals surface area contributed by atoms with Crippen LogP contribution in [0.5, 0.6) is 0 Å². The Hall–Kier alpha value is -3.13. The highest BCUT2D eigenvalue weighted by Crippen LogP contribution is 2.29. The molecule has 1 aliphatic rings. The number of likely N-dealkylation sites (tertiary alicyclic amines) is 1. The van der Waals surface area contributed by atoms with Gasteiger partial charge in [-0.1, -0.05) is 0 Å². The summed E-state index contributed by atoms with van der Waals surface area (Å²) in [5.74, 6) is -0.908. The fourth-order valence-electron chi connectivity index (χ4n) is 3.69. The average molecular weight is 425 g/mol. The molecular weight excluding hydrogens is 403 g/mol. The quantitative estimate of drug-likeness (QED) is 0.690. The maximum atomic E-state index is 14.3. The summed E-state index contributed by atoms with van der Waals surface area (Å²) in [5, 5.41) is 4.08. The van der Waals surface area contributed by atoms with E-state index < -0.39 is 11.7 Å². The minimum Gasteiger partial charge on any atom is -0.366 e. The van der Waals surface area contributed by atoms with Crippen LogP contribution in [-0.4, -0.2) is 39.8 Å². The summed E-state index contributed by atoms with van der Waals surface area (Å²) in [6, 6.07) is 7.71. The van der Waals surface area contributed by atoms with Crippen molar-refractivity contribution in [3.8, 4) is 11.3 Å². The van der Waals surface area contributed by atoms with Crippen molar-refractivity contribution in [2.75, 3.05) is 13.1 Å². The minimum atomic E-state index is -0.735. The summed E-state index contributed by atoms with van der Waals surface area (Å²) in [6.45, 7) is 2.94. The number of aromatic nitrogens is 2. The number of primary amides is 1. The standard InChI is InChI=1S/C22H21FN4O2S/c1-13-10-19(16-6-9-30-12-16)26-21(25-13)14-4-7-27(8-5-14)22(29)17-3-2-15(20(24)28)11-18(17)23/h2-3,6,9-12,14H,4-5,7-8H2,1H3,(H2,24,28). The van der Waals surface area contributed by atoms with Crippen LogP contribution in [0.25, 0.3) is 11.3 Å². The Balaban J connectivity index is 1.47. The van der Waals surface area contributed by atoms with Crippen molar-refractivity contribution < 1.29 is 14.0 Å². The Kier molecular flexibility index (Phi) is 5.59. The predicted octanol–water partition coefficient (Wildman–Crippen LogP) is 3.77. The summed E-state index contributed by atoms with van der Waals surface area (Å²) in [5.41, 5.74) is 8.06. The largest absolute Gasteiger partial charge is 0.366 e. The second kappa shape index (κ2) is 8.31. The molecule has 0 atom stereocenters. The average Bonchev–Trinajstić information content (AvgIpc) is 3.28. The van der Waals surface area contributed by atoms with Crippen LogP contribution < -0.4 is 5.73 Å². The first-order valence-electron chi connectivity index (χ1n) is 9.69. The van der Waals surface area contributed by atoms with Gasteiger partial charge in [-0.15, -0.1) is 0 Å². The first kappa shape index (κ1) is 20.2. The predicted molar refractivity (Wildman–Crippen MR) is 113 cm³/mol. The number of carbonyl (C=O) groups is 2. The number of nitrogens with zero attached hydrogens (tertiary/aromatic N) is 3. The first-order valence-corrected chi connectivity index (χ1v) is 10.6. The number of carbonyl (C=O) groups excluding carboxylic acids is 2. The molecule has 1 saturated heterocycles. The number of nitrogens with two attached hydrogens (primary N) is 1. The highest BCUT2D eigenvalue weighted by Gasteiger charge is 2.28. The first-order chi connectivity index (χ1) is 14.4. The molecule has 2 N–H and O–H groups in total. The second-order valence-electron chi connectivity index (χ2n) is 7.39. The zero-order chi connectivity index (χ0) is 21.3. The number of aryl methyl sites for hydroxylation is 1. The van der Waals surface area contributed by atoms with Crippen molar-refractivity contribution in [2.24, 2.45) is 5.73 Å². The fraction of sp³-hybridized carbons (Fsp3) is 0.273. The number of hydrogen-bond acceptors (Lipinski definition) is 5. The van der Waals surface area contributed by atoms with Gasteiger partial charge in [-0.3, -0.25) is 9.59 Å². The Morgan fingerprint density at radius 3 is 2.57 bits per heavy atom. The van der Waals surface area contributed by atoms with Crippen molar-refractivity contribution in [1.29, 1.82) is 0 Å². The van der Waals surface area contributed by atoms with E-state index in [1.54, 1.807) is 16.2 Å². The Morgan fingerprint density at radius 1 is 1.17 bits per heavy atom. The molecule has 154 valence electrons. The molecule has 0 saturated carbocycles. The van der Waals surface area contributed by atoms with E-state index in [1.807, 2.05) is 24.4 Å². The third kappa shape index (κ3) is 4.09. The van der Waals surface area contributed by atoms with E-state index in [-0.39, 0.29) is 23.0 Å². The van der Waals surface area contributed by atoms with Crippen LogP contribution in [0.4, 0.5) is 4.39 Å². The van der Waals surface area contributed by atoms with Crippen molar-refractivity contribution in [1.82, 2.24) is 14.9 Å². The number of hydrogen-bond donors (Lipinski definition) is 1. The molecule has 2 aromatic heterocycles. The molecule has 3 heterocycles. The number of halogens is 1. The smallest absolute Gasteiger partial charge is 0.256 e. The molecule has 0 bridgehead atoms. The molecule has 30 heavy (non-hydrogen) atoms. The number of rotatable bonds is 4. The van der Waals surface area contributed by atoms with Crippen molar-refractivity contribution >= 4 is 23.2 Å². The minimum absolute atomic E-state index is 0.0424. The van der Waals surface area contributed by atoms with Crippen LogP contribution in [0, 0.1) is 12.7 Å². The summed E-state index contributed by atoms with van der Waals surface area (Å²) in [7, 11) is 0. The maximum Gasteiger partial charge on any atom is 0.256 e. The lowest BCUT2D eigenvalue weighted by Crippen LogP contribution is -2.38. The summed E-state index contributed by atoms with van der Waals surface area (Å²) in [4.78, 5) is 34.9. The number of benzene rings is 1. The van der Waals surface area contributed by atoms with E-state index in [4.69, 9.17) is 10.7 Å². The van der Waals surface area contributed by atoms with Crippen LogP contribution in [-0.2, 0) is 0 Å². The van der Waals surface area contributed by atoms with Crippen molar-refractivity contribution in [2.45, 2.75) is 25.7 Å². The highest BCUT2D eigenvalue weighted by molar-refractivity contribution is 7.08. The third-order valence-electron chi connectivity index (χ3n) is 5.32. The van der Waals surface area contributed by atoms with Gasteiger partial charge in [0, 0.05) is 41.2 Å². The van der Waals surface area contributed by atoms with Gasteiger partial charge in [-0.2, -0.15) is 11.3 Å². The zero-order valence-electron chi connectivity index (χ0n) is 16.5. The SMILES string of the molecule is Cc1cc(-c2ccsc2)nc(C2CCN(C(=O)c3ccc(C(N)=O)cc3F)CC2)n1. The van der Waals surface area contributed by atoms with Crippen LogP contribution >= 0.6 is 11.3 Å². The maximum absolute atomic E-state index is 14.3. The lowest BCUT2D eigenvalue weighted by atomic mass is 9.95. The monoisotopic (exact) mass is 424 g/mol. The summed E-state index contributed by atoms with van der Waals surface area (Å²) in [6.07, 6.45) is 1.42. The number of piperidine rings is 1. The second-order valence-corrected chi connectivity index (χ2v) is 8.17. The van der Waals surface area contributed by atoms with E-state index in [0.717, 1.165) is 28.8 Å². The van der Waals surface area contributed by atoms with Gasteiger partial charge in [0.05, 0.1) is 11.3 Å². The summed E-state index contributed by atoms with van der Waals surface area (Å²) < 4.78 is 14.3. The molecule has 0 unspecified atom stereocenters. The van der Waals surface area contributed by atoms with E-state index >= 15 is 0 Å². The Bertz CT molecular complexity index is 1090. The molecule has 1 fully saturated rings. The molecule has 0 spiro atoms. The van der Waals surface area contributed by atoms with E-state index in [2.05, 4.69) is 10.4 Å². The van der Waals surface area contributed by atoms with Gasteiger partial charge in [0.1, 0.15) is 11.6 Å². The molecule has 2 amide bonds. The molecule has 1 aliphatic heterocycles.